The number of rotatable bonds is 0. The Kier molecular flexibility index (Phi) is 16.0. The number of hydrogen-bond donors (Lipinski definition) is 0. The zero-order valence-corrected chi connectivity index (χ0v) is 40.3. The van der Waals surface area contributed by atoms with Crippen molar-refractivity contribution in [3.8, 4) is 0 Å². The first kappa shape index (κ1) is 48.4. The number of carbonyl (C=O) groups is 6. The third kappa shape index (κ3) is 11.5. The number of fused-ring (bicyclic) bond motifs is 3. The summed E-state index contributed by atoms with van der Waals surface area (Å²) in [6, 6.07) is 23.7. The molecule has 3 saturated carbocycles. The van der Waals surface area contributed by atoms with Gasteiger partial charge in [-0.1, -0.05) is 111 Å². The van der Waals surface area contributed by atoms with E-state index in [1.165, 1.54) is 0 Å². The van der Waals surface area contributed by atoms with Crippen molar-refractivity contribution in [2.45, 2.75) is 194 Å². The predicted molar refractivity (Wildman–Crippen MR) is 255 cm³/mol. The number of amides is 6. The van der Waals surface area contributed by atoms with Gasteiger partial charge in [0.15, 0.2) is 0 Å². The van der Waals surface area contributed by atoms with Gasteiger partial charge in [-0.15, -0.1) is 0 Å². The summed E-state index contributed by atoms with van der Waals surface area (Å²) in [5.74, 6) is -0.203. The second-order valence-electron chi connectivity index (χ2n) is 19.6. The van der Waals surface area contributed by atoms with E-state index in [2.05, 4.69) is 0 Å². The first-order valence-corrected chi connectivity index (χ1v) is 24.5. The molecule has 4 aliphatic heterocycles. The summed E-state index contributed by atoms with van der Waals surface area (Å²) in [4.78, 5) is 92.9. The first-order chi connectivity index (χ1) is 31.7. The van der Waals surface area contributed by atoms with Crippen LogP contribution in [0.2, 0.25) is 0 Å². The van der Waals surface area contributed by atoms with E-state index in [0.717, 1.165) is 110 Å². The topological polar surface area (TPSA) is 122 Å². The molecule has 3 aromatic carbocycles. The van der Waals surface area contributed by atoms with Gasteiger partial charge in [0.25, 0.3) is 0 Å². The molecule has 0 radical (unpaired) electrons. The molecule has 7 aliphatic rings. The summed E-state index contributed by atoms with van der Waals surface area (Å²) >= 11 is 0. The minimum absolute atomic E-state index is 0.0338. The third-order valence-corrected chi connectivity index (χ3v) is 15.1. The number of nitrogens with zero attached hydrogens (tertiary/aromatic N) is 6. The lowest BCUT2D eigenvalue weighted by atomic mass is 9.86. The molecule has 6 bridgehead atoms. The monoisotopic (exact) mass is 901 g/mol. The van der Waals surface area contributed by atoms with Crippen LogP contribution >= 0.6 is 0 Å². The van der Waals surface area contributed by atoms with Gasteiger partial charge in [0.2, 0.25) is 35.4 Å². The highest BCUT2D eigenvalue weighted by Crippen LogP contribution is 2.34. The molecule has 0 N–H and O–H groups in total. The molecular weight excluding hydrogens is 829 g/mol. The molecule has 12 nitrogen and oxygen atoms in total. The summed E-state index contributed by atoms with van der Waals surface area (Å²) in [7, 11) is 0. The van der Waals surface area contributed by atoms with Crippen LogP contribution in [0.1, 0.15) is 152 Å². The fourth-order valence-corrected chi connectivity index (χ4v) is 11.7. The fraction of sp³-hybridized carbons (Fsp3) is 0.556. The Labute approximate surface area is 392 Å². The summed E-state index contributed by atoms with van der Waals surface area (Å²) in [5.41, 5.74) is 5.89. The Bertz CT molecular complexity index is 1790. The SMILES string of the molecule is CC(=O)N1Cc2ccc(cc2)CN(C(C)=O)[C@@H]2CCCC[C@H]2N(C(C)=O)Cc2ccc(cc2)CN(C(C)=O)[C@@H]2CCCC[C@H]2N(C(C)=O)Cc2ccc(cc2)CN(C(C)=O)[C@@H]2CCCC[C@H]21. The van der Waals surface area contributed by atoms with Gasteiger partial charge >= 0.3 is 0 Å². The largest absolute Gasteiger partial charge is 0.334 e. The molecule has 3 aromatic rings. The van der Waals surface area contributed by atoms with Crippen LogP contribution in [0.5, 0.6) is 0 Å². The lowest BCUT2D eigenvalue weighted by Gasteiger charge is -2.45. The van der Waals surface area contributed by atoms with E-state index in [1.54, 1.807) is 41.5 Å². The summed E-state index contributed by atoms with van der Waals surface area (Å²) in [6.45, 7) is 12.1. The molecule has 0 aromatic heterocycles. The van der Waals surface area contributed by atoms with Gasteiger partial charge in [0.1, 0.15) is 0 Å². The lowest BCUT2D eigenvalue weighted by molar-refractivity contribution is -0.141. The Balaban J connectivity index is 1.25. The second kappa shape index (κ2) is 21.9. The van der Waals surface area contributed by atoms with Crippen LogP contribution in [0, 0.1) is 0 Å². The molecule has 4 heterocycles. The van der Waals surface area contributed by atoms with Crippen LogP contribution < -0.4 is 0 Å². The van der Waals surface area contributed by atoms with E-state index in [1.807, 2.05) is 102 Å². The van der Waals surface area contributed by atoms with Crippen LogP contribution in [0.3, 0.4) is 0 Å². The van der Waals surface area contributed by atoms with E-state index in [9.17, 15) is 28.8 Å². The highest BCUT2D eigenvalue weighted by Gasteiger charge is 2.40. The van der Waals surface area contributed by atoms with Gasteiger partial charge < -0.3 is 29.4 Å². The Morgan fingerprint density at radius 1 is 0.273 bits per heavy atom. The fourth-order valence-electron chi connectivity index (χ4n) is 11.7. The van der Waals surface area contributed by atoms with E-state index in [4.69, 9.17) is 0 Å². The molecule has 6 atom stereocenters. The van der Waals surface area contributed by atoms with Gasteiger partial charge in [0.05, 0.1) is 36.3 Å². The molecule has 0 saturated heterocycles. The van der Waals surface area contributed by atoms with E-state index >= 15 is 0 Å². The standard InChI is InChI=1S/C54H72N6O6/c1-37(61)55-31-43-19-21-44(22-20-43)33-57(39(3)63)51-15-9-10-16-52(51)59(41(5)65)35-47-27-29-48(30-28-47)36-60(42(6)66)54-18-12-11-17-53(54)58(40(4)64)34-46-25-23-45(24-26-46)32-56(38(2)62)50-14-8-7-13-49(50)55/h19-30,49-54H,7-18,31-36H2,1-6H3/t49-,50-,51-,52-,53-,54-/m1/s1. The van der Waals surface area contributed by atoms with E-state index in [0.29, 0.717) is 39.3 Å². The molecule has 6 amide bonds. The summed E-state index contributed by atoms with van der Waals surface area (Å²) in [5, 5.41) is 0. The molecule has 3 fully saturated rings. The number of carbonyl (C=O) groups excluding carboxylic acids is 6. The van der Waals surface area contributed by atoms with E-state index in [-0.39, 0.29) is 71.7 Å². The molecule has 66 heavy (non-hydrogen) atoms. The number of benzene rings is 3. The maximum Gasteiger partial charge on any atom is 0.220 e. The highest BCUT2D eigenvalue weighted by atomic mass is 16.2. The summed E-state index contributed by atoms with van der Waals surface area (Å²) in [6.07, 6.45) is 10.6. The second-order valence-corrected chi connectivity index (χ2v) is 19.6. The zero-order chi connectivity index (χ0) is 47.1. The average Bonchev–Trinajstić information content (AvgIpc) is 3.30. The molecule has 12 heteroatoms. The average molecular weight is 901 g/mol. The van der Waals surface area contributed by atoms with Crippen molar-refractivity contribution in [2.75, 3.05) is 0 Å². The maximum atomic E-state index is 13.5. The van der Waals surface area contributed by atoms with Crippen molar-refractivity contribution in [3.05, 3.63) is 106 Å². The quantitative estimate of drug-likeness (QED) is 0.225. The van der Waals surface area contributed by atoms with Crippen molar-refractivity contribution < 1.29 is 28.8 Å². The zero-order valence-electron chi connectivity index (χ0n) is 40.3. The van der Waals surface area contributed by atoms with Gasteiger partial charge in [0, 0.05) is 80.8 Å². The van der Waals surface area contributed by atoms with Gasteiger partial charge in [-0.3, -0.25) is 28.8 Å². The number of hydrogen-bond acceptors (Lipinski definition) is 6. The molecule has 354 valence electrons. The predicted octanol–water partition coefficient (Wildman–Crippen LogP) is 8.13. The molecular formula is C54H72N6O6. The van der Waals surface area contributed by atoms with Crippen molar-refractivity contribution >= 4 is 35.4 Å². The first-order valence-electron chi connectivity index (χ1n) is 24.5. The van der Waals surface area contributed by atoms with Crippen molar-refractivity contribution in [1.29, 1.82) is 0 Å². The maximum absolute atomic E-state index is 13.5. The Morgan fingerprint density at radius 2 is 0.394 bits per heavy atom. The lowest BCUT2D eigenvalue weighted by Crippen LogP contribution is -2.55. The molecule has 0 unspecified atom stereocenters. The van der Waals surface area contributed by atoms with Crippen LogP contribution in [-0.2, 0) is 68.0 Å². The smallest absolute Gasteiger partial charge is 0.220 e. The Hall–Kier alpha value is -5.52. The van der Waals surface area contributed by atoms with Crippen LogP contribution in [0.25, 0.3) is 0 Å². The van der Waals surface area contributed by atoms with Crippen LogP contribution in [0.4, 0.5) is 0 Å². The van der Waals surface area contributed by atoms with Crippen LogP contribution in [0.15, 0.2) is 72.8 Å². The molecule has 0 spiro atoms. The highest BCUT2D eigenvalue weighted by molar-refractivity contribution is 5.77. The Morgan fingerprint density at radius 3 is 0.500 bits per heavy atom. The van der Waals surface area contributed by atoms with Crippen molar-refractivity contribution in [3.63, 3.8) is 0 Å². The normalized spacial score (nSPS) is 24.8. The molecule has 10 rings (SSSR count). The van der Waals surface area contributed by atoms with Gasteiger partial charge in [-0.25, -0.2) is 0 Å². The van der Waals surface area contributed by atoms with Crippen LogP contribution in [-0.4, -0.2) is 101 Å². The van der Waals surface area contributed by atoms with E-state index < -0.39 is 0 Å². The van der Waals surface area contributed by atoms with Gasteiger partial charge in [-0.05, 0) is 71.9 Å². The minimum Gasteiger partial charge on any atom is -0.334 e. The van der Waals surface area contributed by atoms with Crippen molar-refractivity contribution in [1.82, 2.24) is 29.4 Å². The van der Waals surface area contributed by atoms with Gasteiger partial charge in [-0.2, -0.15) is 0 Å². The third-order valence-electron chi connectivity index (χ3n) is 15.1. The van der Waals surface area contributed by atoms with Crippen molar-refractivity contribution in [2.24, 2.45) is 0 Å². The minimum atomic E-state index is -0.153. The summed E-state index contributed by atoms with van der Waals surface area (Å²) < 4.78 is 0. The molecule has 3 aliphatic carbocycles.